The number of likely N-dealkylation sites (N-methyl/N-ethyl adjacent to an activating group) is 1. The fraction of sp³-hybridized carbons (Fsp3) is 0.462. The molecule has 31 heavy (non-hydrogen) atoms. The molecule has 1 aliphatic rings. The lowest BCUT2D eigenvalue weighted by molar-refractivity contribution is -0.121. The molecule has 0 radical (unpaired) electrons. The Hall–Kier alpha value is -2.66. The first-order valence-corrected chi connectivity index (χ1v) is 11.5. The van der Waals surface area contributed by atoms with E-state index in [4.69, 9.17) is 0 Å². The molecule has 1 amide bonds. The zero-order chi connectivity index (χ0) is 22.0. The van der Waals surface area contributed by atoms with Crippen molar-refractivity contribution < 1.29 is 4.79 Å². The highest BCUT2D eigenvalue weighted by atomic mass is 16.1. The summed E-state index contributed by atoms with van der Waals surface area (Å²) < 4.78 is 2.51. The zero-order valence-corrected chi connectivity index (χ0v) is 19.2. The van der Waals surface area contributed by atoms with Crippen LogP contribution in [0.2, 0.25) is 0 Å². The molecule has 1 aliphatic heterocycles. The highest BCUT2D eigenvalue weighted by molar-refractivity contribution is 5.86. The van der Waals surface area contributed by atoms with E-state index in [-0.39, 0.29) is 11.8 Å². The van der Waals surface area contributed by atoms with Crippen molar-refractivity contribution in [2.45, 2.75) is 52.5 Å². The third-order valence-electron chi connectivity index (χ3n) is 6.74. The average molecular weight is 419 g/mol. The van der Waals surface area contributed by atoms with Crippen LogP contribution in [0, 0.1) is 13.8 Å². The summed E-state index contributed by atoms with van der Waals surface area (Å²) in [4.78, 5) is 19.3. The van der Waals surface area contributed by atoms with Gasteiger partial charge in [0.25, 0.3) is 0 Å². The number of pyridine rings is 1. The van der Waals surface area contributed by atoms with Crippen molar-refractivity contribution >= 4 is 16.8 Å². The van der Waals surface area contributed by atoms with Gasteiger partial charge in [-0.3, -0.25) is 9.78 Å². The van der Waals surface area contributed by atoms with E-state index in [9.17, 15) is 4.79 Å². The second-order valence-electron chi connectivity index (χ2n) is 8.80. The maximum absolute atomic E-state index is 12.4. The molecule has 4 rings (SSSR count). The monoisotopic (exact) mass is 418 g/mol. The van der Waals surface area contributed by atoms with Crippen LogP contribution in [-0.4, -0.2) is 47.0 Å². The highest BCUT2D eigenvalue weighted by Gasteiger charge is 2.24. The van der Waals surface area contributed by atoms with Gasteiger partial charge in [0.1, 0.15) is 0 Å². The molecule has 0 bridgehead atoms. The summed E-state index contributed by atoms with van der Waals surface area (Å²) in [7, 11) is 1.72. The van der Waals surface area contributed by atoms with Crippen LogP contribution in [0.1, 0.15) is 47.3 Å². The summed E-state index contributed by atoms with van der Waals surface area (Å²) in [6, 6.07) is 11.0. The van der Waals surface area contributed by atoms with Crippen LogP contribution >= 0.6 is 0 Å². The van der Waals surface area contributed by atoms with Crippen molar-refractivity contribution in [3.8, 4) is 0 Å². The second-order valence-corrected chi connectivity index (χ2v) is 8.80. The summed E-state index contributed by atoms with van der Waals surface area (Å²) in [6.45, 7) is 10.5. The maximum atomic E-state index is 12.4. The van der Waals surface area contributed by atoms with Gasteiger partial charge in [-0.15, -0.1) is 0 Å². The first-order valence-electron chi connectivity index (χ1n) is 11.5. The minimum absolute atomic E-state index is 0.0787. The predicted octanol–water partition coefficient (Wildman–Crippen LogP) is 3.99. The molecule has 1 N–H and O–H groups in total. The molecule has 5 nitrogen and oxygen atoms in total. The van der Waals surface area contributed by atoms with Gasteiger partial charge in [-0.2, -0.15) is 0 Å². The van der Waals surface area contributed by atoms with E-state index in [1.807, 2.05) is 13.1 Å². The maximum Gasteiger partial charge on any atom is 0.220 e. The summed E-state index contributed by atoms with van der Waals surface area (Å²) in [5.41, 5.74) is 7.72. The Morgan fingerprint density at radius 1 is 1.16 bits per heavy atom. The van der Waals surface area contributed by atoms with Gasteiger partial charge in [-0.1, -0.05) is 18.6 Å². The summed E-state index contributed by atoms with van der Waals surface area (Å²) in [6.07, 6.45) is 4.48. The Morgan fingerprint density at radius 3 is 2.71 bits per heavy atom. The average Bonchev–Trinajstić information content (AvgIpc) is 2.90. The normalized spacial score (nSPS) is 15.5. The quantitative estimate of drug-likeness (QED) is 0.658. The van der Waals surface area contributed by atoms with Crippen LogP contribution in [0.15, 0.2) is 36.5 Å². The van der Waals surface area contributed by atoms with Gasteiger partial charge in [0.2, 0.25) is 5.91 Å². The first-order chi connectivity index (χ1) is 15.0. The smallest absolute Gasteiger partial charge is 0.220 e. The van der Waals surface area contributed by atoms with Gasteiger partial charge in [-0.25, -0.2) is 0 Å². The molecule has 1 atom stereocenters. The molecule has 0 aliphatic carbocycles. The number of benzene rings is 1. The van der Waals surface area contributed by atoms with E-state index in [0.29, 0.717) is 6.42 Å². The summed E-state index contributed by atoms with van der Waals surface area (Å²) >= 11 is 0. The van der Waals surface area contributed by atoms with Crippen molar-refractivity contribution in [2.24, 2.45) is 0 Å². The lowest BCUT2D eigenvalue weighted by Gasteiger charge is -2.21. The van der Waals surface area contributed by atoms with Crippen molar-refractivity contribution in [3.05, 3.63) is 64.6 Å². The van der Waals surface area contributed by atoms with Gasteiger partial charge in [0, 0.05) is 73.9 Å². The van der Waals surface area contributed by atoms with E-state index in [0.717, 1.165) is 44.7 Å². The highest BCUT2D eigenvalue weighted by Crippen LogP contribution is 2.33. The molecule has 3 heterocycles. The van der Waals surface area contributed by atoms with Crippen molar-refractivity contribution in [2.75, 3.05) is 26.7 Å². The van der Waals surface area contributed by atoms with E-state index in [1.165, 1.54) is 33.3 Å². The van der Waals surface area contributed by atoms with Crippen LogP contribution in [0.4, 0.5) is 0 Å². The largest absolute Gasteiger partial charge is 0.359 e. The minimum atomic E-state index is 0.0787. The van der Waals surface area contributed by atoms with Crippen molar-refractivity contribution in [1.29, 1.82) is 0 Å². The lowest BCUT2D eigenvalue weighted by atomic mass is 9.95. The molecule has 5 heteroatoms. The van der Waals surface area contributed by atoms with E-state index in [2.05, 4.69) is 63.9 Å². The molecule has 1 aromatic carbocycles. The molecule has 2 aromatic heterocycles. The van der Waals surface area contributed by atoms with E-state index >= 15 is 0 Å². The number of aryl methyl sites for hydroxylation is 2. The third-order valence-corrected chi connectivity index (χ3v) is 6.74. The zero-order valence-electron chi connectivity index (χ0n) is 19.2. The molecule has 0 saturated heterocycles. The molecule has 1 unspecified atom stereocenters. The number of carbonyl (C=O) groups is 1. The molecule has 0 spiro atoms. The van der Waals surface area contributed by atoms with Gasteiger partial charge in [0.15, 0.2) is 0 Å². The Balaban J connectivity index is 1.80. The summed E-state index contributed by atoms with van der Waals surface area (Å²) in [5.74, 6) is 0.184. The fourth-order valence-electron chi connectivity index (χ4n) is 4.98. The Bertz CT molecular complexity index is 1080. The number of nitrogens with one attached hydrogen (secondary N) is 1. The number of aromatic nitrogens is 2. The number of hydrogen-bond acceptors (Lipinski definition) is 3. The van der Waals surface area contributed by atoms with E-state index in [1.54, 1.807) is 7.05 Å². The number of nitrogens with zero attached hydrogens (tertiary/aromatic N) is 3. The molecule has 164 valence electrons. The third kappa shape index (κ3) is 4.52. The van der Waals surface area contributed by atoms with Gasteiger partial charge >= 0.3 is 0 Å². The Kier molecular flexibility index (Phi) is 6.42. The molecule has 0 saturated carbocycles. The molecular weight excluding hydrogens is 384 g/mol. The van der Waals surface area contributed by atoms with Gasteiger partial charge in [-0.05, 0) is 62.2 Å². The summed E-state index contributed by atoms with van der Waals surface area (Å²) in [5, 5.41) is 4.21. The van der Waals surface area contributed by atoms with Crippen LogP contribution in [-0.2, 0) is 24.2 Å². The molecule has 3 aromatic rings. The number of amides is 1. The van der Waals surface area contributed by atoms with Crippen molar-refractivity contribution in [1.82, 2.24) is 19.8 Å². The Morgan fingerprint density at radius 2 is 1.97 bits per heavy atom. The van der Waals surface area contributed by atoms with Crippen LogP contribution in [0.3, 0.4) is 0 Å². The van der Waals surface area contributed by atoms with Crippen molar-refractivity contribution in [3.63, 3.8) is 0 Å². The Labute approximate surface area is 185 Å². The van der Waals surface area contributed by atoms with Crippen LogP contribution in [0.25, 0.3) is 10.9 Å². The second kappa shape index (κ2) is 9.23. The number of fused-ring (bicyclic) bond motifs is 3. The topological polar surface area (TPSA) is 50.2 Å². The fourth-order valence-corrected chi connectivity index (χ4v) is 4.98. The van der Waals surface area contributed by atoms with Crippen LogP contribution < -0.4 is 5.32 Å². The van der Waals surface area contributed by atoms with Crippen LogP contribution in [0.5, 0.6) is 0 Å². The van der Waals surface area contributed by atoms with E-state index < -0.39 is 0 Å². The molecule has 0 fully saturated rings. The molecular formula is C26H34N4O. The minimum Gasteiger partial charge on any atom is -0.359 e. The van der Waals surface area contributed by atoms with Gasteiger partial charge in [0.05, 0.1) is 0 Å². The standard InChI is InChI=1S/C26H34N4O/c1-5-29-12-9-22-23-14-18(2)6-7-24(23)30(25(22)10-13-29)17-21(16-26(31)27-4)20-8-11-28-19(3)15-20/h6-8,11,14-15,21H,5,9-10,12-13,16-17H2,1-4H3,(H,27,31). The lowest BCUT2D eigenvalue weighted by Crippen LogP contribution is -2.26. The van der Waals surface area contributed by atoms with Gasteiger partial charge < -0.3 is 14.8 Å². The first kappa shape index (κ1) is 21.6. The number of hydrogen-bond donors (Lipinski definition) is 1. The SMILES string of the molecule is CCN1CCc2c(n(CC(CC(=O)NC)c3ccnc(C)c3)c3ccc(C)cc23)CC1. The predicted molar refractivity (Wildman–Crippen MR) is 127 cm³/mol. The number of rotatable bonds is 6. The number of carbonyl (C=O) groups excluding carboxylic acids is 1.